The van der Waals surface area contributed by atoms with Crippen molar-refractivity contribution in [3.05, 3.63) is 47.4 Å². The van der Waals surface area contributed by atoms with Gasteiger partial charge in [-0.3, -0.25) is 0 Å². The SMILES string of the molecule is CS(=O)(=O)/C=C/C(NC(=O)N1CC[C@@H](C(F)(F)F)C[C@H]1c1ccccc1)C1CC1. The van der Waals surface area contributed by atoms with Crippen molar-refractivity contribution in [1.29, 1.82) is 0 Å². The Labute approximate surface area is 168 Å². The maximum absolute atomic E-state index is 13.3. The third kappa shape index (κ3) is 5.98. The fourth-order valence-corrected chi connectivity index (χ4v) is 4.18. The van der Waals surface area contributed by atoms with E-state index < -0.39 is 40.0 Å². The van der Waals surface area contributed by atoms with Crippen LogP contribution in [0.1, 0.15) is 37.3 Å². The van der Waals surface area contributed by atoms with Gasteiger partial charge in [-0.2, -0.15) is 13.2 Å². The zero-order valence-electron chi connectivity index (χ0n) is 16.1. The molecule has 1 heterocycles. The van der Waals surface area contributed by atoms with Crippen LogP contribution in [0, 0.1) is 11.8 Å². The van der Waals surface area contributed by atoms with Gasteiger partial charge in [0.1, 0.15) is 0 Å². The molecule has 0 radical (unpaired) electrons. The fourth-order valence-electron chi connectivity index (χ4n) is 3.73. The third-order valence-electron chi connectivity index (χ3n) is 5.46. The maximum atomic E-state index is 13.3. The Morgan fingerprint density at radius 2 is 1.86 bits per heavy atom. The second-order valence-electron chi connectivity index (χ2n) is 7.85. The van der Waals surface area contributed by atoms with Crippen LogP contribution in [0.5, 0.6) is 0 Å². The number of piperidine rings is 1. The minimum atomic E-state index is -4.30. The van der Waals surface area contributed by atoms with E-state index >= 15 is 0 Å². The van der Waals surface area contributed by atoms with Crippen LogP contribution in [0.2, 0.25) is 0 Å². The maximum Gasteiger partial charge on any atom is 0.391 e. The monoisotopic (exact) mass is 430 g/mol. The van der Waals surface area contributed by atoms with Gasteiger partial charge in [0.15, 0.2) is 9.84 Å². The number of hydrogen-bond donors (Lipinski definition) is 1. The van der Waals surface area contributed by atoms with E-state index in [1.165, 1.54) is 11.0 Å². The highest BCUT2D eigenvalue weighted by atomic mass is 32.2. The van der Waals surface area contributed by atoms with Crippen LogP contribution in [0.15, 0.2) is 41.8 Å². The number of hydrogen-bond acceptors (Lipinski definition) is 3. The Hall–Kier alpha value is -2.03. The molecule has 3 rings (SSSR count). The molecule has 1 unspecified atom stereocenters. The van der Waals surface area contributed by atoms with E-state index in [-0.39, 0.29) is 25.3 Å². The molecule has 1 N–H and O–H groups in total. The van der Waals surface area contributed by atoms with Gasteiger partial charge < -0.3 is 10.2 Å². The van der Waals surface area contributed by atoms with Crippen molar-refractivity contribution in [2.24, 2.45) is 11.8 Å². The molecule has 29 heavy (non-hydrogen) atoms. The summed E-state index contributed by atoms with van der Waals surface area (Å²) < 4.78 is 62.8. The quantitative estimate of drug-likeness (QED) is 0.767. The highest BCUT2D eigenvalue weighted by Crippen LogP contribution is 2.42. The van der Waals surface area contributed by atoms with Crippen LogP contribution in [0.3, 0.4) is 0 Å². The van der Waals surface area contributed by atoms with Crippen molar-refractivity contribution >= 4 is 15.9 Å². The van der Waals surface area contributed by atoms with Crippen molar-refractivity contribution in [2.75, 3.05) is 12.8 Å². The summed E-state index contributed by atoms with van der Waals surface area (Å²) in [6.45, 7) is -0.0112. The first-order chi connectivity index (χ1) is 13.5. The van der Waals surface area contributed by atoms with E-state index in [1.807, 2.05) is 0 Å². The first-order valence-corrected chi connectivity index (χ1v) is 11.6. The van der Waals surface area contributed by atoms with Crippen LogP contribution < -0.4 is 5.32 Å². The zero-order chi connectivity index (χ0) is 21.2. The van der Waals surface area contributed by atoms with Gasteiger partial charge >= 0.3 is 12.2 Å². The third-order valence-corrected chi connectivity index (χ3v) is 6.12. The Balaban J connectivity index is 1.79. The number of amides is 2. The van der Waals surface area contributed by atoms with Crippen molar-refractivity contribution < 1.29 is 26.4 Å². The highest BCUT2D eigenvalue weighted by Gasteiger charge is 2.46. The number of halogens is 3. The Bertz CT molecular complexity index is 851. The van der Waals surface area contributed by atoms with E-state index in [0.717, 1.165) is 24.5 Å². The van der Waals surface area contributed by atoms with Gasteiger partial charge in [0.25, 0.3) is 0 Å². The van der Waals surface area contributed by atoms with Crippen LogP contribution in [0.25, 0.3) is 0 Å². The standard InChI is InChI=1S/C20H25F3N2O3S/c1-29(27,28)12-10-17(14-7-8-14)24-19(26)25-11-9-16(20(21,22)23)13-18(25)15-5-3-2-4-6-15/h2-6,10,12,14,16-18H,7-9,11,13H2,1H3,(H,24,26)/b12-10+/t16-,17?,18+/m1/s1. The van der Waals surface area contributed by atoms with E-state index in [0.29, 0.717) is 5.56 Å². The number of carbonyl (C=O) groups is 1. The van der Waals surface area contributed by atoms with E-state index in [4.69, 9.17) is 0 Å². The molecule has 1 saturated heterocycles. The molecule has 9 heteroatoms. The molecule has 3 atom stereocenters. The highest BCUT2D eigenvalue weighted by molar-refractivity contribution is 7.93. The molecular formula is C20H25F3N2O3S. The molecular weight excluding hydrogens is 405 g/mol. The van der Waals surface area contributed by atoms with Crippen molar-refractivity contribution in [2.45, 2.75) is 43.9 Å². The summed E-state index contributed by atoms with van der Waals surface area (Å²) in [5.41, 5.74) is 0.659. The molecule has 1 saturated carbocycles. The van der Waals surface area contributed by atoms with Crippen LogP contribution in [0.4, 0.5) is 18.0 Å². The summed E-state index contributed by atoms with van der Waals surface area (Å²) in [7, 11) is -3.33. The van der Waals surface area contributed by atoms with Gasteiger partial charge in [0.05, 0.1) is 18.0 Å². The number of carbonyl (C=O) groups excluding carboxylic acids is 1. The summed E-state index contributed by atoms with van der Waals surface area (Å²) in [5, 5.41) is 3.90. The van der Waals surface area contributed by atoms with Crippen molar-refractivity contribution in [1.82, 2.24) is 10.2 Å². The van der Waals surface area contributed by atoms with E-state index in [2.05, 4.69) is 5.32 Å². The molecule has 1 aliphatic heterocycles. The molecule has 1 aliphatic carbocycles. The number of sulfone groups is 1. The minimum absolute atomic E-state index is 0.0112. The predicted molar refractivity (Wildman–Crippen MR) is 104 cm³/mol. The lowest BCUT2D eigenvalue weighted by Crippen LogP contribution is -2.50. The first-order valence-electron chi connectivity index (χ1n) is 9.61. The summed E-state index contributed by atoms with van der Waals surface area (Å²) in [5.74, 6) is -1.30. The fraction of sp³-hybridized carbons (Fsp3) is 0.550. The molecule has 160 valence electrons. The van der Waals surface area contributed by atoms with Crippen LogP contribution in [-0.2, 0) is 9.84 Å². The minimum Gasteiger partial charge on any atom is -0.331 e. The second-order valence-corrected chi connectivity index (χ2v) is 9.78. The topological polar surface area (TPSA) is 66.5 Å². The number of urea groups is 1. The smallest absolute Gasteiger partial charge is 0.331 e. The van der Waals surface area contributed by atoms with E-state index in [1.54, 1.807) is 30.3 Å². The van der Waals surface area contributed by atoms with Crippen molar-refractivity contribution in [3.8, 4) is 0 Å². The van der Waals surface area contributed by atoms with Gasteiger partial charge in [0.2, 0.25) is 0 Å². The molecule has 1 aromatic carbocycles. The molecule has 1 aromatic rings. The Morgan fingerprint density at radius 3 is 2.41 bits per heavy atom. The molecule has 0 spiro atoms. The first kappa shape index (κ1) is 21.7. The number of likely N-dealkylation sites (tertiary alicyclic amines) is 1. The summed E-state index contributed by atoms with van der Waals surface area (Å²) in [6.07, 6.45) is -0.353. The summed E-state index contributed by atoms with van der Waals surface area (Å²) in [4.78, 5) is 14.4. The number of nitrogens with one attached hydrogen (secondary N) is 1. The molecule has 2 amide bonds. The number of nitrogens with zero attached hydrogens (tertiary/aromatic N) is 1. The lowest BCUT2D eigenvalue weighted by Gasteiger charge is -2.40. The Kier molecular flexibility index (Phi) is 6.26. The van der Waals surface area contributed by atoms with Gasteiger partial charge in [-0.25, -0.2) is 13.2 Å². The largest absolute Gasteiger partial charge is 0.391 e. The molecule has 2 fully saturated rings. The number of rotatable bonds is 5. The lowest BCUT2D eigenvalue weighted by atomic mass is 9.87. The van der Waals surface area contributed by atoms with Gasteiger partial charge in [-0.05, 0) is 37.2 Å². The molecule has 0 bridgehead atoms. The van der Waals surface area contributed by atoms with Crippen molar-refractivity contribution in [3.63, 3.8) is 0 Å². The summed E-state index contributed by atoms with van der Waals surface area (Å²) in [6, 6.07) is 7.11. The van der Waals surface area contributed by atoms with Gasteiger partial charge in [0, 0.05) is 18.2 Å². The van der Waals surface area contributed by atoms with Crippen LogP contribution >= 0.6 is 0 Å². The van der Waals surface area contributed by atoms with Crippen LogP contribution in [-0.4, -0.2) is 44.4 Å². The van der Waals surface area contributed by atoms with E-state index in [9.17, 15) is 26.4 Å². The summed E-state index contributed by atoms with van der Waals surface area (Å²) >= 11 is 0. The number of alkyl halides is 3. The van der Waals surface area contributed by atoms with Gasteiger partial charge in [-0.1, -0.05) is 36.4 Å². The molecule has 2 aliphatic rings. The number of benzene rings is 1. The van der Waals surface area contributed by atoms with Gasteiger partial charge in [-0.15, -0.1) is 0 Å². The molecule has 0 aromatic heterocycles. The predicted octanol–water partition coefficient (Wildman–Crippen LogP) is 4.05. The average molecular weight is 430 g/mol. The Morgan fingerprint density at radius 1 is 1.21 bits per heavy atom. The lowest BCUT2D eigenvalue weighted by molar-refractivity contribution is -0.188. The zero-order valence-corrected chi connectivity index (χ0v) is 16.9. The molecule has 5 nitrogen and oxygen atoms in total. The second kappa shape index (κ2) is 8.38. The average Bonchev–Trinajstić information content (AvgIpc) is 3.49. The normalized spacial score (nSPS) is 24.5.